The summed E-state index contributed by atoms with van der Waals surface area (Å²) in [5.74, 6) is -0.131. The summed E-state index contributed by atoms with van der Waals surface area (Å²) in [5, 5.41) is 5.86. The van der Waals surface area contributed by atoms with Crippen molar-refractivity contribution in [3.63, 3.8) is 0 Å². The number of aryl methyl sites for hydroxylation is 2. The van der Waals surface area contributed by atoms with Crippen LogP contribution < -0.4 is 16.4 Å². The van der Waals surface area contributed by atoms with E-state index in [9.17, 15) is 4.79 Å². The number of nitrogen functional groups attached to an aromatic ring is 1. The number of nitrogens with one attached hydrogen (secondary N) is 2. The molecule has 2 aromatic carbocycles. The van der Waals surface area contributed by atoms with Crippen molar-refractivity contribution in [2.45, 2.75) is 13.8 Å². The largest absolute Gasteiger partial charge is 0.397 e. The molecule has 104 valence electrons. The summed E-state index contributed by atoms with van der Waals surface area (Å²) < 4.78 is 0. The van der Waals surface area contributed by atoms with Crippen LogP contribution in [0.2, 0.25) is 0 Å². The van der Waals surface area contributed by atoms with Gasteiger partial charge in [-0.25, -0.2) is 0 Å². The van der Waals surface area contributed by atoms with Gasteiger partial charge < -0.3 is 16.4 Å². The van der Waals surface area contributed by atoms with E-state index in [1.54, 1.807) is 25.2 Å². The molecular weight excluding hydrogens is 250 g/mol. The molecule has 0 unspecified atom stereocenters. The number of anilines is 3. The minimum Gasteiger partial charge on any atom is -0.397 e. The van der Waals surface area contributed by atoms with Crippen molar-refractivity contribution in [3.8, 4) is 0 Å². The summed E-state index contributed by atoms with van der Waals surface area (Å²) in [6, 6.07) is 11.3. The van der Waals surface area contributed by atoms with Crippen molar-refractivity contribution in [2.24, 2.45) is 0 Å². The lowest BCUT2D eigenvalue weighted by Crippen LogP contribution is -2.17. The van der Waals surface area contributed by atoms with E-state index >= 15 is 0 Å². The van der Waals surface area contributed by atoms with E-state index in [0.29, 0.717) is 11.3 Å². The molecule has 0 aromatic heterocycles. The summed E-state index contributed by atoms with van der Waals surface area (Å²) in [6.07, 6.45) is 0. The van der Waals surface area contributed by atoms with Crippen molar-refractivity contribution in [3.05, 3.63) is 53.1 Å². The molecular formula is C16H19N3O. The van der Waals surface area contributed by atoms with Gasteiger partial charge in [-0.05, 0) is 55.3 Å². The van der Waals surface area contributed by atoms with E-state index in [1.165, 1.54) is 11.1 Å². The fourth-order valence-electron chi connectivity index (χ4n) is 1.92. The maximum Gasteiger partial charge on any atom is 0.251 e. The Hall–Kier alpha value is -2.49. The molecule has 0 aliphatic rings. The molecule has 0 radical (unpaired) electrons. The van der Waals surface area contributed by atoms with Crippen LogP contribution in [0.25, 0.3) is 0 Å². The van der Waals surface area contributed by atoms with Crippen LogP contribution in [0.3, 0.4) is 0 Å². The van der Waals surface area contributed by atoms with Crippen LogP contribution in [0, 0.1) is 13.8 Å². The van der Waals surface area contributed by atoms with Crippen LogP contribution in [0.4, 0.5) is 17.1 Å². The van der Waals surface area contributed by atoms with Gasteiger partial charge in [-0.1, -0.05) is 6.07 Å². The molecule has 2 rings (SSSR count). The second-order valence-corrected chi connectivity index (χ2v) is 4.81. The number of rotatable bonds is 3. The first-order valence-corrected chi connectivity index (χ1v) is 6.47. The highest BCUT2D eigenvalue weighted by molar-refractivity contribution is 5.96. The molecule has 4 heteroatoms. The number of hydrogen-bond donors (Lipinski definition) is 3. The maximum absolute atomic E-state index is 11.6. The van der Waals surface area contributed by atoms with E-state index in [0.717, 1.165) is 11.4 Å². The van der Waals surface area contributed by atoms with Crippen LogP contribution in [-0.4, -0.2) is 13.0 Å². The zero-order valence-corrected chi connectivity index (χ0v) is 11.9. The molecule has 0 bridgehead atoms. The number of hydrogen-bond acceptors (Lipinski definition) is 3. The van der Waals surface area contributed by atoms with Gasteiger partial charge in [0.15, 0.2) is 0 Å². The third-order valence-corrected chi connectivity index (χ3v) is 3.33. The third-order valence-electron chi connectivity index (χ3n) is 3.33. The van der Waals surface area contributed by atoms with Crippen molar-refractivity contribution in [1.82, 2.24) is 5.32 Å². The Morgan fingerprint density at radius 3 is 2.45 bits per heavy atom. The predicted molar refractivity (Wildman–Crippen MR) is 83.4 cm³/mol. The lowest BCUT2D eigenvalue weighted by molar-refractivity contribution is 0.0963. The Morgan fingerprint density at radius 2 is 1.80 bits per heavy atom. The van der Waals surface area contributed by atoms with Gasteiger partial charge in [0, 0.05) is 18.3 Å². The zero-order chi connectivity index (χ0) is 14.7. The normalized spacial score (nSPS) is 10.2. The first kappa shape index (κ1) is 13.9. The summed E-state index contributed by atoms with van der Waals surface area (Å²) >= 11 is 0. The minimum atomic E-state index is -0.131. The van der Waals surface area contributed by atoms with Gasteiger partial charge in [0.2, 0.25) is 0 Å². The maximum atomic E-state index is 11.6. The molecule has 0 saturated heterocycles. The molecule has 0 aliphatic heterocycles. The molecule has 20 heavy (non-hydrogen) atoms. The SMILES string of the molecule is CNC(=O)c1ccc(N)c(Nc2ccc(C)c(C)c2)c1. The van der Waals surface area contributed by atoms with Crippen LogP contribution in [0.1, 0.15) is 21.5 Å². The first-order chi connectivity index (χ1) is 9.51. The molecule has 4 nitrogen and oxygen atoms in total. The lowest BCUT2D eigenvalue weighted by atomic mass is 10.1. The number of nitrogens with two attached hydrogens (primary N) is 1. The highest BCUT2D eigenvalue weighted by Crippen LogP contribution is 2.25. The van der Waals surface area contributed by atoms with E-state index in [1.807, 2.05) is 6.07 Å². The van der Waals surface area contributed by atoms with Crippen LogP contribution in [0.5, 0.6) is 0 Å². The summed E-state index contributed by atoms with van der Waals surface area (Å²) in [5.41, 5.74) is 11.3. The van der Waals surface area contributed by atoms with Gasteiger partial charge in [0.25, 0.3) is 5.91 Å². The molecule has 4 N–H and O–H groups in total. The van der Waals surface area contributed by atoms with E-state index in [4.69, 9.17) is 5.73 Å². The Morgan fingerprint density at radius 1 is 1.05 bits per heavy atom. The Bertz CT molecular complexity index is 650. The Labute approximate surface area is 119 Å². The van der Waals surface area contributed by atoms with Gasteiger partial charge >= 0.3 is 0 Å². The van der Waals surface area contributed by atoms with E-state index in [-0.39, 0.29) is 5.91 Å². The summed E-state index contributed by atoms with van der Waals surface area (Å²) in [7, 11) is 1.61. The topological polar surface area (TPSA) is 67.2 Å². The van der Waals surface area contributed by atoms with Crippen LogP contribution in [-0.2, 0) is 0 Å². The second-order valence-electron chi connectivity index (χ2n) is 4.81. The minimum absolute atomic E-state index is 0.131. The number of carbonyl (C=O) groups is 1. The highest BCUT2D eigenvalue weighted by atomic mass is 16.1. The number of benzene rings is 2. The van der Waals surface area contributed by atoms with Gasteiger partial charge in [-0.3, -0.25) is 4.79 Å². The fourth-order valence-corrected chi connectivity index (χ4v) is 1.92. The Balaban J connectivity index is 2.32. The third kappa shape index (κ3) is 2.91. The molecule has 2 aromatic rings. The van der Waals surface area contributed by atoms with Crippen LogP contribution >= 0.6 is 0 Å². The van der Waals surface area contributed by atoms with E-state index in [2.05, 4.69) is 36.6 Å². The Kier molecular flexibility index (Phi) is 3.94. The number of carbonyl (C=O) groups excluding carboxylic acids is 1. The quantitative estimate of drug-likeness (QED) is 0.750. The molecule has 1 amide bonds. The van der Waals surface area contributed by atoms with Gasteiger partial charge in [0.1, 0.15) is 0 Å². The molecule has 0 atom stereocenters. The van der Waals surface area contributed by atoms with E-state index < -0.39 is 0 Å². The van der Waals surface area contributed by atoms with Gasteiger partial charge in [-0.2, -0.15) is 0 Å². The van der Waals surface area contributed by atoms with Gasteiger partial charge in [0.05, 0.1) is 11.4 Å². The molecule has 0 heterocycles. The van der Waals surface area contributed by atoms with Crippen molar-refractivity contribution < 1.29 is 4.79 Å². The van der Waals surface area contributed by atoms with Crippen LogP contribution in [0.15, 0.2) is 36.4 Å². The average Bonchev–Trinajstić information content (AvgIpc) is 2.44. The standard InChI is InChI=1S/C16H19N3O/c1-10-4-6-13(8-11(10)2)19-15-9-12(16(20)18-3)5-7-14(15)17/h4-9,19H,17H2,1-3H3,(H,18,20). The highest BCUT2D eigenvalue weighted by Gasteiger charge is 2.07. The summed E-state index contributed by atoms with van der Waals surface area (Å²) in [6.45, 7) is 4.13. The van der Waals surface area contributed by atoms with Crippen molar-refractivity contribution in [1.29, 1.82) is 0 Å². The first-order valence-electron chi connectivity index (χ1n) is 6.47. The molecule has 0 fully saturated rings. The summed E-state index contributed by atoms with van der Waals surface area (Å²) in [4.78, 5) is 11.6. The predicted octanol–water partition coefficient (Wildman–Crippen LogP) is 2.99. The smallest absolute Gasteiger partial charge is 0.251 e. The second kappa shape index (κ2) is 5.65. The number of amides is 1. The van der Waals surface area contributed by atoms with Gasteiger partial charge in [-0.15, -0.1) is 0 Å². The molecule has 0 spiro atoms. The van der Waals surface area contributed by atoms with Crippen molar-refractivity contribution in [2.75, 3.05) is 18.1 Å². The molecule has 0 saturated carbocycles. The monoisotopic (exact) mass is 269 g/mol. The fraction of sp³-hybridized carbons (Fsp3) is 0.188. The lowest BCUT2D eigenvalue weighted by Gasteiger charge is -2.12. The van der Waals surface area contributed by atoms with Crippen molar-refractivity contribution >= 4 is 23.0 Å². The molecule has 0 aliphatic carbocycles. The average molecular weight is 269 g/mol. The zero-order valence-electron chi connectivity index (χ0n) is 11.9.